The van der Waals surface area contributed by atoms with Gasteiger partial charge in [-0.25, -0.2) is 0 Å². The summed E-state index contributed by atoms with van der Waals surface area (Å²) in [5.41, 5.74) is 1.36. The topological polar surface area (TPSA) is 37.3 Å². The number of hydrogen-bond acceptors (Lipinski definition) is 2. The van der Waals surface area contributed by atoms with Gasteiger partial charge in [-0.05, 0) is 37.0 Å². The van der Waals surface area contributed by atoms with Crippen LogP contribution >= 0.6 is 11.3 Å². The number of rotatable bonds is 6. The van der Waals surface area contributed by atoms with Crippen LogP contribution in [0, 0.1) is 0 Å². The molecule has 0 amide bonds. The van der Waals surface area contributed by atoms with Crippen LogP contribution in [0.4, 0.5) is 0 Å². The van der Waals surface area contributed by atoms with Gasteiger partial charge in [-0.3, -0.25) is 4.79 Å². The fraction of sp³-hybridized carbons (Fsp3) is 0.267. The Labute approximate surface area is 111 Å². The average molecular weight is 260 g/mol. The Morgan fingerprint density at radius 1 is 1.00 bits per heavy atom. The van der Waals surface area contributed by atoms with Crippen LogP contribution < -0.4 is 0 Å². The molecule has 18 heavy (non-hydrogen) atoms. The maximum Gasteiger partial charge on any atom is 0.308 e. The lowest BCUT2D eigenvalue weighted by Crippen LogP contribution is -1.96. The third-order valence-corrected chi connectivity index (χ3v) is 3.92. The zero-order chi connectivity index (χ0) is 12.8. The quantitative estimate of drug-likeness (QED) is 0.862. The predicted octanol–water partition coefficient (Wildman–Crippen LogP) is 3.55. The Morgan fingerprint density at radius 3 is 2.44 bits per heavy atom. The van der Waals surface area contributed by atoms with E-state index >= 15 is 0 Å². The minimum absolute atomic E-state index is 0.142. The monoisotopic (exact) mass is 260 g/mol. The molecule has 0 aliphatic heterocycles. The Bertz CT molecular complexity index is 502. The lowest BCUT2D eigenvalue weighted by molar-refractivity contribution is -0.136. The summed E-state index contributed by atoms with van der Waals surface area (Å²) < 4.78 is 0. The summed E-state index contributed by atoms with van der Waals surface area (Å²) >= 11 is 1.62. The number of aryl methyl sites for hydroxylation is 2. The molecule has 1 heterocycles. The molecule has 0 saturated carbocycles. The van der Waals surface area contributed by atoms with Crippen molar-refractivity contribution in [3.05, 3.63) is 57.8 Å². The Balaban J connectivity index is 1.80. The molecule has 0 aliphatic rings. The average Bonchev–Trinajstić information content (AvgIpc) is 2.77. The highest BCUT2D eigenvalue weighted by Crippen LogP contribution is 2.19. The van der Waals surface area contributed by atoms with Crippen LogP contribution in [-0.2, 0) is 24.1 Å². The van der Waals surface area contributed by atoms with E-state index in [-0.39, 0.29) is 6.42 Å². The molecular weight excluding hydrogens is 244 g/mol. The van der Waals surface area contributed by atoms with E-state index in [4.69, 9.17) is 5.11 Å². The largest absolute Gasteiger partial charge is 0.481 e. The van der Waals surface area contributed by atoms with Crippen LogP contribution in [0.2, 0.25) is 0 Å². The Hall–Kier alpha value is -1.61. The van der Waals surface area contributed by atoms with E-state index in [0.717, 1.165) is 24.1 Å². The van der Waals surface area contributed by atoms with Gasteiger partial charge < -0.3 is 5.11 Å². The molecule has 1 N–H and O–H groups in total. The zero-order valence-corrected chi connectivity index (χ0v) is 11.0. The fourth-order valence-corrected chi connectivity index (χ4v) is 2.96. The van der Waals surface area contributed by atoms with Gasteiger partial charge in [-0.2, -0.15) is 0 Å². The molecule has 0 radical (unpaired) electrons. The predicted molar refractivity (Wildman–Crippen MR) is 74.1 cm³/mol. The van der Waals surface area contributed by atoms with Crippen LogP contribution in [0.5, 0.6) is 0 Å². The first-order valence-electron chi connectivity index (χ1n) is 6.07. The SMILES string of the molecule is O=C(O)Cc1ccc(CCCc2ccccc2)s1. The molecule has 2 aromatic rings. The molecule has 0 spiro atoms. The smallest absolute Gasteiger partial charge is 0.308 e. The number of thiophene rings is 1. The van der Waals surface area contributed by atoms with Crippen molar-refractivity contribution in [2.24, 2.45) is 0 Å². The molecule has 0 unspecified atom stereocenters. The normalized spacial score (nSPS) is 10.4. The summed E-state index contributed by atoms with van der Waals surface area (Å²) in [7, 11) is 0. The van der Waals surface area contributed by atoms with Crippen molar-refractivity contribution >= 4 is 17.3 Å². The number of hydrogen-bond donors (Lipinski definition) is 1. The van der Waals surface area contributed by atoms with E-state index in [9.17, 15) is 4.79 Å². The third kappa shape index (κ3) is 4.00. The molecule has 0 atom stereocenters. The van der Waals surface area contributed by atoms with Crippen LogP contribution in [-0.4, -0.2) is 11.1 Å². The van der Waals surface area contributed by atoms with Gasteiger partial charge >= 0.3 is 5.97 Å². The molecule has 1 aromatic heterocycles. The molecular formula is C15H16O2S. The van der Waals surface area contributed by atoms with Gasteiger partial charge in [0.15, 0.2) is 0 Å². The van der Waals surface area contributed by atoms with Crippen LogP contribution in [0.1, 0.15) is 21.7 Å². The first-order chi connectivity index (χ1) is 8.74. The molecule has 1 aromatic carbocycles. The van der Waals surface area contributed by atoms with Gasteiger partial charge in [-0.15, -0.1) is 11.3 Å². The number of aliphatic carboxylic acids is 1. The second-order valence-corrected chi connectivity index (χ2v) is 5.53. The van der Waals surface area contributed by atoms with Gasteiger partial charge in [0, 0.05) is 9.75 Å². The van der Waals surface area contributed by atoms with Crippen LogP contribution in [0.25, 0.3) is 0 Å². The standard InChI is InChI=1S/C15H16O2S/c16-15(17)11-14-10-9-13(18-14)8-4-7-12-5-2-1-3-6-12/h1-3,5-6,9-10H,4,7-8,11H2,(H,16,17). The van der Waals surface area contributed by atoms with E-state index in [1.807, 2.05) is 18.2 Å². The van der Waals surface area contributed by atoms with E-state index < -0.39 is 5.97 Å². The van der Waals surface area contributed by atoms with E-state index in [1.165, 1.54) is 10.4 Å². The summed E-state index contributed by atoms with van der Waals surface area (Å²) in [6.45, 7) is 0. The highest BCUT2D eigenvalue weighted by atomic mass is 32.1. The van der Waals surface area contributed by atoms with Crippen molar-refractivity contribution in [2.75, 3.05) is 0 Å². The van der Waals surface area contributed by atoms with Gasteiger partial charge in [0.05, 0.1) is 6.42 Å². The Kier molecular flexibility index (Phi) is 4.53. The highest BCUT2D eigenvalue weighted by molar-refractivity contribution is 7.12. The van der Waals surface area contributed by atoms with E-state index in [2.05, 4.69) is 24.3 Å². The molecule has 0 aliphatic carbocycles. The molecule has 3 heteroatoms. The minimum Gasteiger partial charge on any atom is -0.481 e. The second kappa shape index (κ2) is 6.36. The van der Waals surface area contributed by atoms with Crippen molar-refractivity contribution in [1.82, 2.24) is 0 Å². The number of carboxylic acid groups (broad SMARTS) is 1. The fourth-order valence-electron chi connectivity index (χ4n) is 1.91. The van der Waals surface area contributed by atoms with E-state index in [1.54, 1.807) is 11.3 Å². The first-order valence-corrected chi connectivity index (χ1v) is 6.89. The van der Waals surface area contributed by atoms with Gasteiger partial charge in [0.2, 0.25) is 0 Å². The third-order valence-electron chi connectivity index (χ3n) is 2.77. The van der Waals surface area contributed by atoms with Gasteiger partial charge in [0.1, 0.15) is 0 Å². The van der Waals surface area contributed by atoms with Crippen LogP contribution in [0.3, 0.4) is 0 Å². The highest BCUT2D eigenvalue weighted by Gasteiger charge is 2.04. The molecule has 2 nitrogen and oxygen atoms in total. The zero-order valence-electron chi connectivity index (χ0n) is 10.1. The van der Waals surface area contributed by atoms with Gasteiger partial charge in [0.25, 0.3) is 0 Å². The lowest BCUT2D eigenvalue weighted by Gasteiger charge is -1.99. The van der Waals surface area contributed by atoms with Crippen molar-refractivity contribution < 1.29 is 9.90 Å². The number of benzene rings is 1. The number of carbonyl (C=O) groups is 1. The summed E-state index contributed by atoms with van der Waals surface area (Å²) in [6, 6.07) is 14.4. The first kappa shape index (κ1) is 12.8. The molecule has 94 valence electrons. The van der Waals surface area contributed by atoms with E-state index in [0.29, 0.717) is 0 Å². The Morgan fingerprint density at radius 2 is 1.72 bits per heavy atom. The second-order valence-electron chi connectivity index (χ2n) is 4.28. The van der Waals surface area contributed by atoms with Crippen LogP contribution in [0.15, 0.2) is 42.5 Å². The minimum atomic E-state index is -0.757. The molecule has 0 fully saturated rings. The molecule has 0 saturated heterocycles. The summed E-state index contributed by atoms with van der Waals surface area (Å²) in [5, 5.41) is 8.71. The molecule has 0 bridgehead atoms. The van der Waals surface area contributed by atoms with Crippen molar-refractivity contribution in [1.29, 1.82) is 0 Å². The summed E-state index contributed by atoms with van der Waals surface area (Å²) in [4.78, 5) is 12.8. The van der Waals surface area contributed by atoms with Gasteiger partial charge in [-0.1, -0.05) is 30.3 Å². The van der Waals surface area contributed by atoms with Crippen molar-refractivity contribution in [2.45, 2.75) is 25.7 Å². The summed E-state index contributed by atoms with van der Waals surface area (Å²) in [5.74, 6) is -0.757. The maximum absolute atomic E-state index is 10.6. The lowest BCUT2D eigenvalue weighted by atomic mass is 10.1. The molecule has 2 rings (SSSR count). The van der Waals surface area contributed by atoms with Crippen molar-refractivity contribution in [3.63, 3.8) is 0 Å². The number of carboxylic acids is 1. The maximum atomic E-state index is 10.6. The summed E-state index contributed by atoms with van der Waals surface area (Å²) in [6.07, 6.45) is 3.35. The van der Waals surface area contributed by atoms with Crippen molar-refractivity contribution in [3.8, 4) is 0 Å².